The van der Waals surface area contributed by atoms with E-state index in [1.807, 2.05) is 0 Å². The number of allylic oxidation sites excluding steroid dienone is 2. The molecule has 202 valence electrons. The Morgan fingerprint density at radius 2 is 0.794 bits per heavy atom. The highest BCUT2D eigenvalue weighted by Gasteiger charge is 2.14. The topological polar surface area (TPSA) is 43.1 Å². The summed E-state index contributed by atoms with van der Waals surface area (Å²) in [5.41, 5.74) is 5.68. The number of rotatable bonds is 28. The van der Waals surface area contributed by atoms with Crippen LogP contribution in [-0.4, -0.2) is 5.91 Å². The van der Waals surface area contributed by atoms with Crippen molar-refractivity contribution in [2.24, 2.45) is 11.7 Å². The number of nitrogens with two attached hydrogens (primary N) is 1. The van der Waals surface area contributed by atoms with Crippen molar-refractivity contribution >= 4 is 5.91 Å². The first kappa shape index (κ1) is 33.2. The van der Waals surface area contributed by atoms with Crippen molar-refractivity contribution in [3.8, 4) is 0 Å². The van der Waals surface area contributed by atoms with E-state index in [0.717, 1.165) is 19.3 Å². The lowest BCUT2D eigenvalue weighted by Gasteiger charge is -2.13. The van der Waals surface area contributed by atoms with Crippen LogP contribution in [0, 0.1) is 5.92 Å². The fourth-order valence-electron chi connectivity index (χ4n) is 4.95. The monoisotopic (exact) mass is 477 g/mol. The van der Waals surface area contributed by atoms with Crippen LogP contribution in [0.1, 0.15) is 181 Å². The highest BCUT2D eigenvalue weighted by atomic mass is 16.1. The fraction of sp³-hybridized carbons (Fsp3) is 0.906. The van der Waals surface area contributed by atoms with Crippen LogP contribution < -0.4 is 5.73 Å². The average Bonchev–Trinajstić information content (AvgIpc) is 2.83. The van der Waals surface area contributed by atoms with Gasteiger partial charge in [0.25, 0.3) is 0 Å². The molecule has 0 radical (unpaired) electrons. The van der Waals surface area contributed by atoms with Crippen molar-refractivity contribution in [2.45, 2.75) is 181 Å². The number of amides is 1. The van der Waals surface area contributed by atoms with Gasteiger partial charge in [-0.3, -0.25) is 4.79 Å². The van der Waals surface area contributed by atoms with E-state index in [1.54, 1.807) is 0 Å². The van der Waals surface area contributed by atoms with E-state index in [0.29, 0.717) is 0 Å². The molecule has 0 bridgehead atoms. The van der Waals surface area contributed by atoms with E-state index in [4.69, 9.17) is 5.73 Å². The van der Waals surface area contributed by atoms with Gasteiger partial charge in [0, 0.05) is 5.92 Å². The van der Waals surface area contributed by atoms with Gasteiger partial charge in [0.1, 0.15) is 0 Å². The van der Waals surface area contributed by atoms with Gasteiger partial charge in [-0.25, -0.2) is 0 Å². The molecule has 0 aromatic heterocycles. The van der Waals surface area contributed by atoms with Crippen molar-refractivity contribution in [1.29, 1.82) is 0 Å². The Morgan fingerprint density at radius 3 is 1.12 bits per heavy atom. The molecule has 0 aliphatic carbocycles. The molecule has 0 heterocycles. The lowest BCUT2D eigenvalue weighted by Crippen LogP contribution is -2.23. The van der Waals surface area contributed by atoms with Gasteiger partial charge in [-0.15, -0.1) is 0 Å². The maximum Gasteiger partial charge on any atom is 0.220 e. The predicted molar refractivity (Wildman–Crippen MR) is 153 cm³/mol. The molecule has 0 saturated heterocycles. The lowest BCUT2D eigenvalue weighted by molar-refractivity contribution is -0.122. The van der Waals surface area contributed by atoms with Crippen LogP contribution in [0.3, 0.4) is 0 Å². The van der Waals surface area contributed by atoms with E-state index in [9.17, 15) is 4.79 Å². The SMILES string of the molecule is CCCCCCCCC=CCCCCCCC(CCCCCCCCCCCCCC)C(N)=O. The molecule has 2 nitrogen and oxygen atoms in total. The normalized spacial score (nSPS) is 12.5. The quantitative estimate of drug-likeness (QED) is 0.0883. The highest BCUT2D eigenvalue weighted by molar-refractivity contribution is 5.76. The van der Waals surface area contributed by atoms with Gasteiger partial charge in [0.05, 0.1) is 0 Å². The molecule has 0 spiro atoms. The summed E-state index contributed by atoms with van der Waals surface area (Å²) in [5.74, 6) is 0.0426. The molecule has 0 aliphatic heterocycles. The molecule has 0 aliphatic rings. The Morgan fingerprint density at radius 1 is 0.500 bits per heavy atom. The van der Waals surface area contributed by atoms with Crippen LogP contribution in [0.2, 0.25) is 0 Å². The Kier molecular flexibility index (Phi) is 27.8. The molecule has 0 fully saturated rings. The maximum absolute atomic E-state index is 11.8. The van der Waals surface area contributed by atoms with E-state index < -0.39 is 0 Å². The van der Waals surface area contributed by atoms with Crippen LogP contribution >= 0.6 is 0 Å². The molecule has 34 heavy (non-hydrogen) atoms. The standard InChI is InChI=1S/C32H63NO/c1-3-5-7-9-11-13-15-17-18-20-22-24-26-28-30-31(32(33)34)29-27-25-23-21-19-16-14-12-10-8-6-4-2/h17-18,31H,3-16,19-30H2,1-2H3,(H2,33,34). The highest BCUT2D eigenvalue weighted by Crippen LogP contribution is 2.19. The van der Waals surface area contributed by atoms with Gasteiger partial charge in [-0.05, 0) is 38.5 Å². The lowest BCUT2D eigenvalue weighted by atomic mass is 9.93. The molecule has 0 saturated carbocycles. The number of hydrogen-bond acceptors (Lipinski definition) is 1. The molecule has 2 N–H and O–H groups in total. The Labute approximate surface area is 215 Å². The van der Waals surface area contributed by atoms with Crippen molar-refractivity contribution in [2.75, 3.05) is 0 Å². The third-order valence-electron chi connectivity index (χ3n) is 7.37. The summed E-state index contributed by atoms with van der Waals surface area (Å²) in [5, 5.41) is 0. The third kappa shape index (κ3) is 25.8. The van der Waals surface area contributed by atoms with Crippen LogP contribution in [0.5, 0.6) is 0 Å². The first-order chi connectivity index (χ1) is 16.7. The second-order valence-corrected chi connectivity index (χ2v) is 10.8. The zero-order valence-corrected chi connectivity index (χ0v) is 23.6. The summed E-state index contributed by atoms with van der Waals surface area (Å²) in [6.45, 7) is 4.56. The van der Waals surface area contributed by atoms with E-state index in [1.165, 1.54) is 148 Å². The minimum Gasteiger partial charge on any atom is -0.369 e. The van der Waals surface area contributed by atoms with Gasteiger partial charge in [0.15, 0.2) is 0 Å². The average molecular weight is 478 g/mol. The first-order valence-electron chi connectivity index (χ1n) is 15.7. The molecule has 2 heteroatoms. The van der Waals surface area contributed by atoms with Crippen molar-refractivity contribution in [3.05, 3.63) is 12.2 Å². The van der Waals surface area contributed by atoms with Crippen LogP contribution in [0.15, 0.2) is 12.2 Å². The minimum absolute atomic E-state index is 0.0688. The fourth-order valence-corrected chi connectivity index (χ4v) is 4.95. The zero-order valence-electron chi connectivity index (χ0n) is 23.6. The zero-order chi connectivity index (χ0) is 25.0. The molecule has 0 rings (SSSR count). The summed E-state index contributed by atoms with van der Waals surface area (Å²) >= 11 is 0. The van der Waals surface area contributed by atoms with Gasteiger partial charge >= 0.3 is 0 Å². The third-order valence-corrected chi connectivity index (χ3v) is 7.37. The Balaban J connectivity index is 3.47. The summed E-state index contributed by atoms with van der Waals surface area (Å²) in [7, 11) is 0. The molecular weight excluding hydrogens is 414 g/mol. The van der Waals surface area contributed by atoms with Crippen LogP contribution in [-0.2, 0) is 4.79 Å². The molecule has 0 aromatic carbocycles. The minimum atomic E-state index is -0.0688. The summed E-state index contributed by atoms with van der Waals surface area (Å²) in [4.78, 5) is 11.8. The van der Waals surface area contributed by atoms with Crippen molar-refractivity contribution in [1.82, 2.24) is 0 Å². The molecular formula is C32H63NO. The van der Waals surface area contributed by atoms with Gasteiger partial charge in [0.2, 0.25) is 5.91 Å². The Bertz CT molecular complexity index is 431. The summed E-state index contributed by atoms with van der Waals surface area (Å²) in [6, 6.07) is 0. The Hall–Kier alpha value is -0.790. The largest absolute Gasteiger partial charge is 0.369 e. The van der Waals surface area contributed by atoms with Crippen molar-refractivity contribution in [3.63, 3.8) is 0 Å². The van der Waals surface area contributed by atoms with Gasteiger partial charge in [-0.2, -0.15) is 0 Å². The predicted octanol–water partition coefficient (Wildman–Crippen LogP) is 10.8. The molecule has 0 aromatic rings. The number of unbranched alkanes of at least 4 members (excludes halogenated alkanes) is 21. The van der Waals surface area contributed by atoms with Crippen LogP contribution in [0.25, 0.3) is 0 Å². The van der Waals surface area contributed by atoms with Gasteiger partial charge in [-0.1, -0.05) is 154 Å². The van der Waals surface area contributed by atoms with Crippen molar-refractivity contribution < 1.29 is 4.79 Å². The molecule has 1 unspecified atom stereocenters. The number of hydrogen-bond donors (Lipinski definition) is 1. The summed E-state index contributed by atoms with van der Waals surface area (Å²) in [6.07, 6.45) is 38.9. The summed E-state index contributed by atoms with van der Waals surface area (Å²) < 4.78 is 0. The first-order valence-corrected chi connectivity index (χ1v) is 15.7. The number of carbonyl (C=O) groups excluding carboxylic acids is 1. The van der Waals surface area contributed by atoms with E-state index >= 15 is 0 Å². The van der Waals surface area contributed by atoms with E-state index in [2.05, 4.69) is 26.0 Å². The number of primary amides is 1. The smallest absolute Gasteiger partial charge is 0.220 e. The second-order valence-electron chi connectivity index (χ2n) is 10.8. The molecule has 1 atom stereocenters. The second kappa shape index (κ2) is 28.4. The molecule has 1 amide bonds. The van der Waals surface area contributed by atoms with Crippen LogP contribution in [0.4, 0.5) is 0 Å². The maximum atomic E-state index is 11.8. The van der Waals surface area contributed by atoms with Gasteiger partial charge < -0.3 is 5.73 Å². The van der Waals surface area contributed by atoms with E-state index in [-0.39, 0.29) is 11.8 Å². The number of carbonyl (C=O) groups is 1.